The zero-order valence-corrected chi connectivity index (χ0v) is 16.2. The highest BCUT2D eigenvalue weighted by Gasteiger charge is 2.23. The molecule has 28 heavy (non-hydrogen) atoms. The number of carbonyl (C=O) groups is 1. The lowest BCUT2D eigenvalue weighted by Gasteiger charge is -2.23. The quantitative estimate of drug-likeness (QED) is 0.712. The topological polar surface area (TPSA) is 81.1 Å². The summed E-state index contributed by atoms with van der Waals surface area (Å²) in [5.74, 6) is 0.543. The van der Waals surface area contributed by atoms with Crippen LogP contribution in [0.1, 0.15) is 40.6 Å². The predicted molar refractivity (Wildman–Crippen MR) is 108 cm³/mol. The van der Waals surface area contributed by atoms with Crippen molar-refractivity contribution in [2.45, 2.75) is 32.4 Å². The Labute approximate surface area is 164 Å². The van der Waals surface area contributed by atoms with Crippen molar-refractivity contribution >= 4 is 16.7 Å². The van der Waals surface area contributed by atoms with Gasteiger partial charge in [0.1, 0.15) is 5.75 Å². The molecule has 146 valence electrons. The van der Waals surface area contributed by atoms with Gasteiger partial charge in [0.2, 0.25) is 0 Å². The van der Waals surface area contributed by atoms with Crippen molar-refractivity contribution in [3.05, 3.63) is 53.3 Å². The van der Waals surface area contributed by atoms with E-state index in [1.54, 1.807) is 7.11 Å². The molecule has 0 unspecified atom stereocenters. The van der Waals surface area contributed by atoms with Gasteiger partial charge in [0.15, 0.2) is 5.69 Å². The van der Waals surface area contributed by atoms with Crippen LogP contribution < -0.4 is 15.4 Å². The first kappa shape index (κ1) is 18.4. The van der Waals surface area contributed by atoms with Gasteiger partial charge in [0.05, 0.1) is 18.8 Å². The monoisotopic (exact) mass is 379 g/mol. The Morgan fingerprint density at radius 2 is 2.04 bits per heavy atom. The van der Waals surface area contributed by atoms with E-state index in [0.717, 1.165) is 53.7 Å². The van der Waals surface area contributed by atoms with E-state index in [4.69, 9.17) is 4.74 Å². The summed E-state index contributed by atoms with van der Waals surface area (Å²) in [5, 5.41) is 16.9. The van der Waals surface area contributed by atoms with Crippen molar-refractivity contribution in [3.8, 4) is 5.75 Å². The van der Waals surface area contributed by atoms with E-state index in [2.05, 4.69) is 27.0 Å². The summed E-state index contributed by atoms with van der Waals surface area (Å²) in [4.78, 5) is 12.8. The zero-order chi connectivity index (χ0) is 19.5. The Morgan fingerprint density at radius 1 is 1.25 bits per heavy atom. The van der Waals surface area contributed by atoms with Crippen LogP contribution in [0.4, 0.5) is 0 Å². The SMILES string of the molecule is COc1ccc2ccccc2c1CNC(=O)c1nnn(C2CCNCC2)c1C. The van der Waals surface area contributed by atoms with Crippen molar-refractivity contribution in [3.63, 3.8) is 0 Å². The van der Waals surface area contributed by atoms with Gasteiger partial charge < -0.3 is 15.4 Å². The molecule has 1 amide bonds. The van der Waals surface area contributed by atoms with Gasteiger partial charge in [-0.3, -0.25) is 4.79 Å². The Morgan fingerprint density at radius 3 is 2.82 bits per heavy atom. The molecule has 2 heterocycles. The van der Waals surface area contributed by atoms with Crippen molar-refractivity contribution in [2.75, 3.05) is 20.2 Å². The van der Waals surface area contributed by atoms with Crippen LogP contribution in [0.2, 0.25) is 0 Å². The highest BCUT2D eigenvalue weighted by Crippen LogP contribution is 2.28. The van der Waals surface area contributed by atoms with E-state index >= 15 is 0 Å². The van der Waals surface area contributed by atoms with E-state index in [0.29, 0.717) is 18.3 Å². The van der Waals surface area contributed by atoms with Crippen molar-refractivity contribution in [1.82, 2.24) is 25.6 Å². The van der Waals surface area contributed by atoms with Crippen LogP contribution >= 0.6 is 0 Å². The third kappa shape index (κ3) is 3.45. The van der Waals surface area contributed by atoms with Gasteiger partial charge in [0, 0.05) is 12.1 Å². The summed E-state index contributed by atoms with van der Waals surface area (Å²) in [5.41, 5.74) is 2.16. The maximum absolute atomic E-state index is 12.8. The minimum absolute atomic E-state index is 0.215. The first-order valence-corrected chi connectivity index (χ1v) is 9.64. The number of hydrogen-bond acceptors (Lipinski definition) is 5. The molecule has 0 radical (unpaired) electrons. The second-order valence-corrected chi connectivity index (χ2v) is 7.10. The highest BCUT2D eigenvalue weighted by molar-refractivity contribution is 5.94. The van der Waals surface area contributed by atoms with Crippen LogP contribution in [-0.2, 0) is 6.54 Å². The summed E-state index contributed by atoms with van der Waals surface area (Å²) in [6.07, 6.45) is 2.00. The molecule has 0 spiro atoms. The minimum Gasteiger partial charge on any atom is -0.496 e. The Bertz CT molecular complexity index is 992. The molecular formula is C21H25N5O2. The number of methoxy groups -OCH3 is 1. The standard InChI is InChI=1S/C21H25N5O2/c1-14-20(24-25-26(14)16-9-11-22-12-10-16)21(27)23-13-18-17-6-4-3-5-15(17)7-8-19(18)28-2/h3-8,16,22H,9-13H2,1-2H3,(H,23,27). The average Bonchev–Trinajstić information content (AvgIpc) is 3.13. The number of nitrogens with one attached hydrogen (secondary N) is 2. The van der Waals surface area contributed by atoms with E-state index < -0.39 is 0 Å². The molecule has 7 heteroatoms. The number of ether oxygens (including phenoxy) is 1. The second kappa shape index (κ2) is 7.98. The molecule has 0 aliphatic carbocycles. The number of nitrogens with zero attached hydrogens (tertiary/aromatic N) is 3. The third-order valence-electron chi connectivity index (χ3n) is 5.44. The maximum atomic E-state index is 12.8. The summed E-state index contributed by atoms with van der Waals surface area (Å²) >= 11 is 0. The molecule has 7 nitrogen and oxygen atoms in total. The van der Waals surface area contributed by atoms with E-state index in [1.807, 2.05) is 41.9 Å². The van der Waals surface area contributed by atoms with Gasteiger partial charge in [-0.2, -0.15) is 0 Å². The lowest BCUT2D eigenvalue weighted by Crippen LogP contribution is -2.30. The van der Waals surface area contributed by atoms with E-state index in [-0.39, 0.29) is 5.91 Å². The average molecular weight is 379 g/mol. The van der Waals surface area contributed by atoms with E-state index in [9.17, 15) is 4.79 Å². The van der Waals surface area contributed by atoms with Gasteiger partial charge >= 0.3 is 0 Å². The first-order valence-electron chi connectivity index (χ1n) is 9.64. The number of carbonyl (C=O) groups excluding carboxylic acids is 1. The summed E-state index contributed by atoms with van der Waals surface area (Å²) in [6, 6.07) is 12.3. The van der Waals surface area contributed by atoms with Crippen LogP contribution in [0.5, 0.6) is 5.75 Å². The molecular weight excluding hydrogens is 354 g/mol. The van der Waals surface area contributed by atoms with Crippen LogP contribution in [0.15, 0.2) is 36.4 Å². The summed E-state index contributed by atoms with van der Waals surface area (Å²) < 4.78 is 7.41. The largest absolute Gasteiger partial charge is 0.496 e. The Balaban J connectivity index is 1.54. The number of aromatic nitrogens is 3. The van der Waals surface area contributed by atoms with Gasteiger partial charge in [-0.05, 0) is 49.7 Å². The zero-order valence-electron chi connectivity index (χ0n) is 16.2. The lowest BCUT2D eigenvalue weighted by molar-refractivity contribution is 0.0945. The van der Waals surface area contributed by atoms with Crippen LogP contribution in [0.25, 0.3) is 10.8 Å². The van der Waals surface area contributed by atoms with Crippen LogP contribution in [0, 0.1) is 6.92 Å². The van der Waals surface area contributed by atoms with Gasteiger partial charge in [-0.25, -0.2) is 4.68 Å². The predicted octanol–water partition coefficient (Wildman–Crippen LogP) is 2.60. The Hall–Kier alpha value is -2.93. The van der Waals surface area contributed by atoms with Crippen molar-refractivity contribution in [1.29, 1.82) is 0 Å². The fourth-order valence-corrected chi connectivity index (χ4v) is 3.89. The molecule has 3 aromatic rings. The smallest absolute Gasteiger partial charge is 0.274 e. The number of benzene rings is 2. The minimum atomic E-state index is -0.215. The molecule has 0 bridgehead atoms. The third-order valence-corrected chi connectivity index (χ3v) is 5.44. The molecule has 1 fully saturated rings. The van der Waals surface area contributed by atoms with Gasteiger partial charge in [0.25, 0.3) is 5.91 Å². The van der Waals surface area contributed by atoms with Gasteiger partial charge in [-0.1, -0.05) is 35.5 Å². The maximum Gasteiger partial charge on any atom is 0.274 e. The first-order chi connectivity index (χ1) is 13.7. The fourth-order valence-electron chi connectivity index (χ4n) is 3.89. The molecule has 1 aromatic heterocycles. The Kier molecular flexibility index (Phi) is 5.25. The molecule has 0 saturated carbocycles. The number of rotatable bonds is 5. The molecule has 1 aliphatic rings. The molecule has 0 atom stereocenters. The number of amides is 1. The van der Waals surface area contributed by atoms with Crippen molar-refractivity contribution in [2.24, 2.45) is 0 Å². The fraction of sp³-hybridized carbons (Fsp3) is 0.381. The van der Waals surface area contributed by atoms with E-state index in [1.165, 1.54) is 0 Å². The normalized spacial score (nSPS) is 14.9. The molecule has 2 aromatic carbocycles. The number of piperidine rings is 1. The number of hydrogen-bond donors (Lipinski definition) is 2. The summed E-state index contributed by atoms with van der Waals surface area (Å²) in [6.45, 7) is 4.21. The molecule has 1 saturated heterocycles. The highest BCUT2D eigenvalue weighted by atomic mass is 16.5. The molecule has 1 aliphatic heterocycles. The molecule has 2 N–H and O–H groups in total. The van der Waals surface area contributed by atoms with Crippen molar-refractivity contribution < 1.29 is 9.53 Å². The molecule has 4 rings (SSSR count). The number of fused-ring (bicyclic) bond motifs is 1. The second-order valence-electron chi connectivity index (χ2n) is 7.10. The van der Waals surface area contributed by atoms with Gasteiger partial charge in [-0.15, -0.1) is 5.10 Å². The lowest BCUT2D eigenvalue weighted by atomic mass is 10.0. The summed E-state index contributed by atoms with van der Waals surface area (Å²) in [7, 11) is 1.64. The van der Waals surface area contributed by atoms with Crippen LogP contribution in [-0.4, -0.2) is 41.1 Å². The van der Waals surface area contributed by atoms with Crippen LogP contribution in [0.3, 0.4) is 0 Å².